The molecule has 4 aromatic rings. The minimum Gasteiger partial charge on any atom is -0.347 e. The monoisotopic (exact) mass is 344 g/mol. The SMILES string of the molecule is Clc1ccc(C(c2ccccc2)(c2ccccc2)c2ncc[nH]2)cc1. The minimum atomic E-state index is -0.531. The highest BCUT2D eigenvalue weighted by Crippen LogP contribution is 2.43. The van der Waals surface area contributed by atoms with Crippen LogP contribution in [0.5, 0.6) is 0 Å². The van der Waals surface area contributed by atoms with E-state index in [4.69, 9.17) is 11.6 Å². The fourth-order valence-electron chi connectivity index (χ4n) is 3.46. The van der Waals surface area contributed by atoms with E-state index in [1.165, 1.54) is 0 Å². The fourth-order valence-corrected chi connectivity index (χ4v) is 3.58. The van der Waals surface area contributed by atoms with Crippen LogP contribution in [-0.2, 0) is 5.41 Å². The van der Waals surface area contributed by atoms with Gasteiger partial charge in [-0.15, -0.1) is 0 Å². The maximum atomic E-state index is 6.16. The van der Waals surface area contributed by atoms with Crippen molar-refractivity contribution >= 4 is 11.6 Å². The second-order valence-electron chi connectivity index (χ2n) is 5.93. The van der Waals surface area contributed by atoms with E-state index in [9.17, 15) is 0 Å². The number of hydrogen-bond donors (Lipinski definition) is 1. The van der Waals surface area contributed by atoms with Crippen molar-refractivity contribution in [3.05, 3.63) is 125 Å². The minimum absolute atomic E-state index is 0.531. The van der Waals surface area contributed by atoms with Gasteiger partial charge in [0.2, 0.25) is 0 Å². The Morgan fingerprint density at radius 3 is 1.68 bits per heavy atom. The zero-order valence-electron chi connectivity index (χ0n) is 13.6. The molecule has 1 N–H and O–H groups in total. The Balaban J connectivity index is 2.11. The molecule has 1 heterocycles. The fraction of sp³-hybridized carbons (Fsp3) is 0.0455. The largest absolute Gasteiger partial charge is 0.347 e. The van der Waals surface area contributed by atoms with E-state index < -0.39 is 5.41 Å². The third-order valence-corrected chi connectivity index (χ3v) is 4.80. The van der Waals surface area contributed by atoms with Crippen molar-refractivity contribution in [3.63, 3.8) is 0 Å². The van der Waals surface area contributed by atoms with Gasteiger partial charge in [-0.1, -0.05) is 84.4 Å². The lowest BCUT2D eigenvalue weighted by molar-refractivity contribution is 0.692. The first kappa shape index (κ1) is 15.7. The van der Waals surface area contributed by atoms with Gasteiger partial charge in [0.05, 0.1) is 0 Å². The predicted octanol–water partition coefficient (Wildman–Crippen LogP) is 5.45. The molecular weight excluding hydrogens is 328 g/mol. The average Bonchev–Trinajstić information content (AvgIpc) is 3.21. The number of nitrogens with zero attached hydrogens (tertiary/aromatic N) is 1. The molecule has 3 heteroatoms. The molecule has 0 spiro atoms. The van der Waals surface area contributed by atoms with Crippen LogP contribution in [0.15, 0.2) is 97.3 Å². The summed E-state index contributed by atoms with van der Waals surface area (Å²) in [6.07, 6.45) is 3.66. The Kier molecular flexibility index (Phi) is 4.12. The van der Waals surface area contributed by atoms with Crippen LogP contribution >= 0.6 is 11.6 Å². The maximum Gasteiger partial charge on any atom is 0.125 e. The number of aromatic amines is 1. The molecule has 0 bridgehead atoms. The van der Waals surface area contributed by atoms with Crippen molar-refractivity contribution in [2.24, 2.45) is 0 Å². The Labute approximate surface area is 152 Å². The van der Waals surface area contributed by atoms with Crippen LogP contribution in [0.4, 0.5) is 0 Å². The molecular formula is C22H17ClN2. The summed E-state index contributed by atoms with van der Waals surface area (Å²) in [6, 6.07) is 28.9. The van der Waals surface area contributed by atoms with Crippen molar-refractivity contribution < 1.29 is 0 Å². The molecule has 0 atom stereocenters. The summed E-state index contributed by atoms with van der Waals surface area (Å²) in [5, 5.41) is 0.721. The lowest BCUT2D eigenvalue weighted by Crippen LogP contribution is -2.32. The van der Waals surface area contributed by atoms with Crippen LogP contribution in [0.3, 0.4) is 0 Å². The summed E-state index contributed by atoms with van der Waals surface area (Å²) in [5.74, 6) is 0.882. The van der Waals surface area contributed by atoms with Crippen molar-refractivity contribution in [2.75, 3.05) is 0 Å². The van der Waals surface area contributed by atoms with E-state index in [1.807, 2.05) is 30.5 Å². The van der Waals surface area contributed by atoms with Gasteiger partial charge in [0.15, 0.2) is 0 Å². The van der Waals surface area contributed by atoms with Gasteiger partial charge in [0, 0.05) is 17.4 Å². The molecule has 25 heavy (non-hydrogen) atoms. The third kappa shape index (κ3) is 2.65. The number of H-pyrrole nitrogens is 1. The highest BCUT2D eigenvalue weighted by molar-refractivity contribution is 6.30. The summed E-state index contributed by atoms with van der Waals surface area (Å²) in [4.78, 5) is 8.00. The summed E-state index contributed by atoms with van der Waals surface area (Å²) < 4.78 is 0. The second-order valence-corrected chi connectivity index (χ2v) is 6.36. The van der Waals surface area contributed by atoms with Gasteiger partial charge >= 0.3 is 0 Å². The predicted molar refractivity (Wildman–Crippen MR) is 102 cm³/mol. The van der Waals surface area contributed by atoms with Crippen molar-refractivity contribution in [3.8, 4) is 0 Å². The van der Waals surface area contributed by atoms with Gasteiger partial charge in [-0.25, -0.2) is 4.98 Å². The quantitative estimate of drug-likeness (QED) is 0.490. The molecule has 3 aromatic carbocycles. The lowest BCUT2D eigenvalue weighted by Gasteiger charge is -2.34. The summed E-state index contributed by atoms with van der Waals surface area (Å²) in [6.45, 7) is 0. The first-order valence-electron chi connectivity index (χ1n) is 8.19. The number of nitrogens with one attached hydrogen (secondary N) is 1. The summed E-state index contributed by atoms with van der Waals surface area (Å²) >= 11 is 6.16. The Hall–Kier alpha value is -2.84. The molecule has 4 rings (SSSR count). The molecule has 0 aliphatic rings. The maximum absolute atomic E-state index is 6.16. The number of aromatic nitrogens is 2. The first-order valence-corrected chi connectivity index (χ1v) is 8.56. The van der Waals surface area contributed by atoms with Crippen LogP contribution in [0.2, 0.25) is 5.02 Å². The molecule has 0 amide bonds. The third-order valence-electron chi connectivity index (χ3n) is 4.54. The van der Waals surface area contributed by atoms with Crippen molar-refractivity contribution in [2.45, 2.75) is 5.41 Å². The number of hydrogen-bond acceptors (Lipinski definition) is 1. The smallest absolute Gasteiger partial charge is 0.125 e. The van der Waals surface area contributed by atoms with Gasteiger partial charge in [-0.2, -0.15) is 0 Å². The lowest BCUT2D eigenvalue weighted by atomic mass is 9.69. The second kappa shape index (κ2) is 6.58. The Morgan fingerprint density at radius 1 is 0.680 bits per heavy atom. The van der Waals surface area contributed by atoms with Crippen molar-refractivity contribution in [1.29, 1.82) is 0 Å². The standard InChI is InChI=1S/C22H17ClN2/c23-20-13-11-19(12-14-20)22(21-24-15-16-25-21,17-7-3-1-4-8-17)18-9-5-2-6-10-18/h1-16H,(H,24,25). The number of benzene rings is 3. The van der Waals surface area contributed by atoms with E-state index in [0.29, 0.717) is 0 Å². The molecule has 0 unspecified atom stereocenters. The molecule has 0 radical (unpaired) electrons. The first-order chi connectivity index (χ1) is 12.3. The van der Waals surface area contributed by atoms with Gasteiger partial charge < -0.3 is 4.98 Å². The Morgan fingerprint density at radius 2 is 1.20 bits per heavy atom. The van der Waals surface area contributed by atoms with Gasteiger partial charge in [0.1, 0.15) is 11.2 Å². The Bertz CT molecular complexity index is 891. The normalized spacial score (nSPS) is 11.4. The van der Waals surface area contributed by atoms with Crippen LogP contribution in [0, 0.1) is 0 Å². The van der Waals surface area contributed by atoms with E-state index in [-0.39, 0.29) is 0 Å². The summed E-state index contributed by atoms with van der Waals surface area (Å²) in [7, 11) is 0. The molecule has 2 nitrogen and oxygen atoms in total. The topological polar surface area (TPSA) is 28.7 Å². The van der Waals surface area contributed by atoms with E-state index in [2.05, 4.69) is 70.6 Å². The molecule has 0 aliphatic carbocycles. The molecule has 0 fully saturated rings. The van der Waals surface area contributed by atoms with Gasteiger partial charge in [0.25, 0.3) is 0 Å². The molecule has 122 valence electrons. The highest BCUT2D eigenvalue weighted by atomic mass is 35.5. The molecule has 0 saturated heterocycles. The zero-order valence-corrected chi connectivity index (χ0v) is 14.3. The number of imidazole rings is 1. The van der Waals surface area contributed by atoms with Gasteiger partial charge in [-0.05, 0) is 28.8 Å². The molecule has 0 aliphatic heterocycles. The average molecular weight is 345 g/mol. The van der Waals surface area contributed by atoms with Crippen LogP contribution in [0.1, 0.15) is 22.5 Å². The van der Waals surface area contributed by atoms with E-state index in [0.717, 1.165) is 27.5 Å². The van der Waals surface area contributed by atoms with E-state index >= 15 is 0 Å². The van der Waals surface area contributed by atoms with Crippen LogP contribution in [0.25, 0.3) is 0 Å². The van der Waals surface area contributed by atoms with Gasteiger partial charge in [-0.3, -0.25) is 0 Å². The number of rotatable bonds is 4. The summed E-state index contributed by atoms with van der Waals surface area (Å²) in [5.41, 5.74) is 2.89. The molecule has 0 saturated carbocycles. The van der Waals surface area contributed by atoms with Crippen LogP contribution in [-0.4, -0.2) is 9.97 Å². The van der Waals surface area contributed by atoms with Crippen LogP contribution < -0.4 is 0 Å². The zero-order chi connectivity index (χ0) is 17.1. The highest BCUT2D eigenvalue weighted by Gasteiger charge is 2.40. The van der Waals surface area contributed by atoms with Crippen molar-refractivity contribution in [1.82, 2.24) is 9.97 Å². The number of halogens is 1. The molecule has 1 aromatic heterocycles. The van der Waals surface area contributed by atoms with E-state index in [1.54, 1.807) is 6.20 Å².